The minimum Gasteiger partial charge on any atom is -0.454 e. The van der Waals surface area contributed by atoms with Crippen LogP contribution in [0.4, 0.5) is 0 Å². The molecule has 0 atom stereocenters. The highest BCUT2D eigenvalue weighted by Crippen LogP contribution is 2.36. The largest absolute Gasteiger partial charge is 0.454 e. The van der Waals surface area contributed by atoms with Gasteiger partial charge in [-0.15, -0.1) is 0 Å². The van der Waals surface area contributed by atoms with Crippen LogP contribution in [0.15, 0.2) is 87.5 Å². The van der Waals surface area contributed by atoms with Crippen molar-refractivity contribution in [1.82, 2.24) is 4.57 Å². The maximum atomic E-state index is 13.3. The molecule has 0 spiro atoms. The lowest BCUT2D eigenvalue weighted by Gasteiger charge is -2.15. The summed E-state index contributed by atoms with van der Waals surface area (Å²) in [5.74, 6) is 0.930. The van der Waals surface area contributed by atoms with Gasteiger partial charge in [0.15, 0.2) is 11.5 Å². The van der Waals surface area contributed by atoms with Gasteiger partial charge in [-0.2, -0.15) is 0 Å². The van der Waals surface area contributed by atoms with Gasteiger partial charge in [-0.3, -0.25) is 4.79 Å². The Labute approximate surface area is 183 Å². The summed E-state index contributed by atoms with van der Waals surface area (Å²) < 4.78 is 39.3. The molecule has 6 nitrogen and oxygen atoms in total. The van der Waals surface area contributed by atoms with Gasteiger partial charge in [0, 0.05) is 23.8 Å². The van der Waals surface area contributed by atoms with Crippen LogP contribution in [0.5, 0.6) is 11.5 Å². The zero-order chi connectivity index (χ0) is 21.6. The number of ether oxygens (including phenoxy) is 2. The van der Waals surface area contributed by atoms with Crippen molar-refractivity contribution in [3.63, 3.8) is 0 Å². The molecule has 0 saturated carbocycles. The first kappa shape index (κ1) is 19.7. The van der Waals surface area contributed by atoms with Crippen molar-refractivity contribution < 1.29 is 17.9 Å². The smallest absolute Gasteiger partial charge is 0.231 e. The van der Waals surface area contributed by atoms with E-state index in [0.29, 0.717) is 28.6 Å². The lowest BCUT2D eigenvalue weighted by molar-refractivity contribution is 0.174. The van der Waals surface area contributed by atoms with Gasteiger partial charge in [0.25, 0.3) is 0 Å². The number of hydrogen-bond donors (Lipinski definition) is 0. The summed E-state index contributed by atoms with van der Waals surface area (Å²) in [5.41, 5.74) is 0.931. The molecule has 3 aromatic carbocycles. The fourth-order valence-corrected chi connectivity index (χ4v) is 5.09. The van der Waals surface area contributed by atoms with Crippen molar-refractivity contribution in [2.24, 2.45) is 0 Å². The van der Waals surface area contributed by atoms with Crippen molar-refractivity contribution >= 4 is 32.3 Å². The van der Waals surface area contributed by atoms with Gasteiger partial charge in [0.05, 0.1) is 15.8 Å². The normalized spacial score (nSPS) is 12.9. The van der Waals surface area contributed by atoms with Gasteiger partial charge in [0.1, 0.15) is 4.90 Å². The van der Waals surface area contributed by atoms with Crippen LogP contribution >= 0.6 is 11.6 Å². The van der Waals surface area contributed by atoms with Crippen LogP contribution in [-0.2, 0) is 16.4 Å². The molecule has 0 N–H and O–H groups in total. The molecule has 0 amide bonds. The first-order valence-electron chi connectivity index (χ1n) is 9.45. The van der Waals surface area contributed by atoms with Crippen LogP contribution in [-0.4, -0.2) is 19.8 Å². The Balaban J connectivity index is 1.77. The van der Waals surface area contributed by atoms with Gasteiger partial charge in [-0.1, -0.05) is 41.9 Å². The Kier molecular flexibility index (Phi) is 4.72. The molecule has 2 heterocycles. The molecular formula is C23H16ClNO5S. The Morgan fingerprint density at radius 2 is 1.61 bits per heavy atom. The van der Waals surface area contributed by atoms with E-state index in [1.165, 1.54) is 30.5 Å². The molecule has 1 aliphatic heterocycles. The van der Waals surface area contributed by atoms with E-state index < -0.39 is 15.3 Å². The van der Waals surface area contributed by atoms with Gasteiger partial charge in [-0.05, 0) is 35.9 Å². The number of halogens is 1. The lowest BCUT2D eigenvalue weighted by atomic mass is 10.1. The highest BCUT2D eigenvalue weighted by Gasteiger charge is 2.26. The summed E-state index contributed by atoms with van der Waals surface area (Å²) in [6, 6.07) is 18.6. The molecule has 5 rings (SSSR count). The minimum absolute atomic E-state index is 0.000328. The number of benzene rings is 3. The van der Waals surface area contributed by atoms with E-state index in [0.717, 1.165) is 5.56 Å². The van der Waals surface area contributed by atoms with Crippen molar-refractivity contribution in [3.8, 4) is 11.5 Å². The van der Waals surface area contributed by atoms with Crippen LogP contribution in [0.3, 0.4) is 0 Å². The molecule has 0 bridgehead atoms. The van der Waals surface area contributed by atoms with Crippen LogP contribution in [0.1, 0.15) is 5.56 Å². The monoisotopic (exact) mass is 453 g/mol. The SMILES string of the molecule is O=c1c(S(=O)(=O)c2ccc(Cl)cc2)cn(Cc2ccccc2)c2cc3c(cc12)OCO3. The number of aromatic nitrogens is 1. The zero-order valence-electron chi connectivity index (χ0n) is 16.1. The van der Waals surface area contributed by atoms with Gasteiger partial charge >= 0.3 is 0 Å². The third kappa shape index (κ3) is 3.45. The fourth-order valence-electron chi connectivity index (χ4n) is 3.60. The third-order valence-corrected chi connectivity index (χ3v) is 7.17. The quantitative estimate of drug-likeness (QED) is 0.461. The predicted octanol–water partition coefficient (Wildman–Crippen LogP) is 4.26. The standard InChI is InChI=1S/C23H16ClNO5S/c24-16-6-8-17(9-7-16)31(27,28)22-13-25(12-15-4-2-1-3-5-15)19-11-21-20(29-14-30-21)10-18(19)23(22)26/h1-11,13H,12,14H2. The third-order valence-electron chi connectivity index (χ3n) is 5.15. The van der Waals surface area contributed by atoms with Crippen molar-refractivity contribution in [2.45, 2.75) is 16.3 Å². The van der Waals surface area contributed by atoms with Crippen molar-refractivity contribution in [2.75, 3.05) is 6.79 Å². The average Bonchev–Trinajstić information content (AvgIpc) is 3.23. The van der Waals surface area contributed by atoms with Gasteiger partial charge < -0.3 is 14.0 Å². The summed E-state index contributed by atoms with van der Waals surface area (Å²) in [7, 11) is -4.07. The Bertz CT molecular complexity index is 1460. The molecule has 31 heavy (non-hydrogen) atoms. The molecule has 156 valence electrons. The van der Waals surface area contributed by atoms with E-state index >= 15 is 0 Å². The van der Waals surface area contributed by atoms with Crippen LogP contribution in [0, 0.1) is 0 Å². The Morgan fingerprint density at radius 1 is 0.935 bits per heavy atom. The molecule has 8 heteroatoms. The topological polar surface area (TPSA) is 74.6 Å². The van der Waals surface area contributed by atoms with E-state index in [4.69, 9.17) is 21.1 Å². The molecule has 1 aromatic heterocycles. The highest BCUT2D eigenvalue weighted by molar-refractivity contribution is 7.91. The van der Waals surface area contributed by atoms with E-state index in [2.05, 4.69) is 0 Å². The summed E-state index contributed by atoms with van der Waals surface area (Å²) in [5, 5.41) is 0.655. The summed E-state index contributed by atoms with van der Waals surface area (Å²) in [4.78, 5) is 13.0. The summed E-state index contributed by atoms with van der Waals surface area (Å²) >= 11 is 5.90. The second kappa shape index (κ2) is 7.44. The average molecular weight is 454 g/mol. The second-order valence-corrected chi connectivity index (χ2v) is 9.47. The fraction of sp³-hybridized carbons (Fsp3) is 0.0870. The maximum Gasteiger partial charge on any atom is 0.231 e. The highest BCUT2D eigenvalue weighted by atomic mass is 35.5. The summed E-state index contributed by atoms with van der Waals surface area (Å²) in [6.07, 6.45) is 1.39. The van der Waals surface area contributed by atoms with Gasteiger partial charge in [0.2, 0.25) is 22.1 Å². The number of pyridine rings is 1. The van der Waals surface area contributed by atoms with Crippen LogP contribution in [0.25, 0.3) is 10.9 Å². The van der Waals surface area contributed by atoms with Gasteiger partial charge in [-0.25, -0.2) is 8.42 Å². The van der Waals surface area contributed by atoms with Crippen LogP contribution < -0.4 is 14.9 Å². The first-order chi connectivity index (χ1) is 14.9. The van der Waals surface area contributed by atoms with E-state index in [9.17, 15) is 13.2 Å². The zero-order valence-corrected chi connectivity index (χ0v) is 17.7. The predicted molar refractivity (Wildman–Crippen MR) is 117 cm³/mol. The molecule has 0 radical (unpaired) electrons. The Morgan fingerprint density at radius 3 is 2.32 bits per heavy atom. The molecular weight excluding hydrogens is 438 g/mol. The number of fused-ring (bicyclic) bond motifs is 2. The van der Waals surface area contributed by atoms with Crippen molar-refractivity contribution in [1.29, 1.82) is 0 Å². The van der Waals surface area contributed by atoms with E-state index in [1.54, 1.807) is 16.7 Å². The molecule has 0 aliphatic carbocycles. The van der Waals surface area contributed by atoms with Crippen LogP contribution in [0.2, 0.25) is 5.02 Å². The van der Waals surface area contributed by atoms with E-state index in [1.807, 2.05) is 30.3 Å². The minimum atomic E-state index is -4.07. The number of rotatable bonds is 4. The van der Waals surface area contributed by atoms with E-state index in [-0.39, 0.29) is 22.0 Å². The molecule has 1 aliphatic rings. The molecule has 4 aromatic rings. The second-order valence-electron chi connectivity index (χ2n) is 7.12. The molecule has 0 saturated heterocycles. The number of hydrogen-bond acceptors (Lipinski definition) is 5. The summed E-state index contributed by atoms with van der Waals surface area (Å²) in [6.45, 7) is 0.425. The number of sulfone groups is 1. The first-order valence-corrected chi connectivity index (χ1v) is 11.3. The maximum absolute atomic E-state index is 13.3. The molecule has 0 fully saturated rings. The Hall–Kier alpha value is -3.29. The van der Waals surface area contributed by atoms with Crippen molar-refractivity contribution in [3.05, 3.63) is 93.7 Å². The number of nitrogens with zero attached hydrogens (tertiary/aromatic N) is 1. The lowest BCUT2D eigenvalue weighted by Crippen LogP contribution is -2.19. The molecule has 0 unspecified atom stereocenters.